The van der Waals surface area contributed by atoms with Gasteiger partial charge in [0, 0.05) is 35.7 Å². The number of pyridine rings is 1. The van der Waals surface area contributed by atoms with E-state index >= 15 is 0 Å². The number of halogens is 4. The van der Waals surface area contributed by atoms with E-state index in [9.17, 15) is 32.6 Å². The number of rotatable bonds is 6. The molecule has 0 aliphatic carbocycles. The number of aromatic nitrogens is 3. The van der Waals surface area contributed by atoms with Gasteiger partial charge in [0.15, 0.2) is 5.65 Å². The van der Waals surface area contributed by atoms with Crippen LogP contribution in [0.25, 0.3) is 28.0 Å². The molecule has 0 unspecified atom stereocenters. The molecular formula is C22H16F4N4O3. The second-order valence-corrected chi connectivity index (χ2v) is 7.00. The minimum Gasteiger partial charge on any atom is -0.395 e. The monoisotopic (exact) mass is 460 g/mol. The zero-order valence-electron chi connectivity index (χ0n) is 16.8. The van der Waals surface area contributed by atoms with Crippen LogP contribution < -0.4 is 10.5 Å². The minimum atomic E-state index is -1.04. The molecule has 11 heteroatoms. The average Bonchev–Trinajstić information content (AvgIpc) is 2.76. The molecule has 0 saturated heterocycles. The summed E-state index contributed by atoms with van der Waals surface area (Å²) in [5, 5.41) is 19.1. The lowest BCUT2D eigenvalue weighted by molar-refractivity contribution is 0.256. The second-order valence-electron chi connectivity index (χ2n) is 7.00. The molecule has 33 heavy (non-hydrogen) atoms. The summed E-state index contributed by atoms with van der Waals surface area (Å²) in [6.07, 6.45) is 0. The highest BCUT2D eigenvalue weighted by Gasteiger charge is 2.20. The zero-order valence-corrected chi connectivity index (χ0v) is 16.8. The van der Waals surface area contributed by atoms with Gasteiger partial charge in [-0.15, -0.1) is 0 Å². The Hall–Kier alpha value is -3.83. The minimum absolute atomic E-state index is 0.00665. The predicted molar refractivity (Wildman–Crippen MR) is 112 cm³/mol. The summed E-state index contributed by atoms with van der Waals surface area (Å²) in [7, 11) is 0. The summed E-state index contributed by atoms with van der Waals surface area (Å²) in [5.41, 5.74) is -1.21. The summed E-state index contributed by atoms with van der Waals surface area (Å²) in [6.45, 7) is -1.13. The summed E-state index contributed by atoms with van der Waals surface area (Å²) >= 11 is 0. The lowest BCUT2D eigenvalue weighted by atomic mass is 10.1. The van der Waals surface area contributed by atoms with Crippen LogP contribution in [-0.2, 0) is 0 Å². The Morgan fingerprint density at radius 2 is 1.61 bits per heavy atom. The van der Waals surface area contributed by atoms with Gasteiger partial charge in [-0.3, -0.25) is 9.36 Å². The van der Waals surface area contributed by atoms with Crippen LogP contribution >= 0.6 is 0 Å². The molecule has 170 valence electrons. The highest BCUT2D eigenvalue weighted by atomic mass is 19.1. The Labute approximate surface area is 183 Å². The topological polar surface area (TPSA) is 91.5 Å². The van der Waals surface area contributed by atoms with Crippen LogP contribution in [0.4, 0.5) is 23.5 Å². The van der Waals surface area contributed by atoms with E-state index in [1.807, 2.05) is 0 Å². The van der Waals surface area contributed by atoms with Crippen LogP contribution in [0.5, 0.6) is 0 Å². The van der Waals surface area contributed by atoms with Crippen molar-refractivity contribution in [3.63, 3.8) is 0 Å². The highest BCUT2D eigenvalue weighted by molar-refractivity contribution is 5.92. The molecule has 7 nitrogen and oxygen atoms in total. The van der Waals surface area contributed by atoms with E-state index in [0.29, 0.717) is 12.1 Å². The van der Waals surface area contributed by atoms with Crippen LogP contribution in [-0.4, -0.2) is 44.6 Å². The van der Waals surface area contributed by atoms with E-state index in [1.165, 1.54) is 6.07 Å². The Bertz CT molecular complexity index is 1390. The second kappa shape index (κ2) is 8.96. The molecule has 0 fully saturated rings. The van der Waals surface area contributed by atoms with E-state index in [-0.39, 0.29) is 47.1 Å². The number of aliphatic hydroxyl groups excluding tert-OH is 2. The first-order valence-electron chi connectivity index (χ1n) is 9.64. The molecule has 4 rings (SSSR count). The average molecular weight is 460 g/mol. The molecule has 2 heterocycles. The Balaban J connectivity index is 2.12. The van der Waals surface area contributed by atoms with Crippen molar-refractivity contribution in [1.29, 1.82) is 0 Å². The van der Waals surface area contributed by atoms with Crippen molar-refractivity contribution >= 4 is 17.0 Å². The maximum Gasteiger partial charge on any atom is 0.256 e. The maximum atomic E-state index is 14.6. The van der Waals surface area contributed by atoms with Gasteiger partial charge < -0.3 is 15.1 Å². The highest BCUT2D eigenvalue weighted by Crippen LogP contribution is 2.30. The summed E-state index contributed by atoms with van der Waals surface area (Å²) < 4.78 is 56.8. The molecule has 0 radical (unpaired) electrons. The normalized spacial score (nSPS) is 11.2. The van der Waals surface area contributed by atoms with Crippen LogP contribution in [0.3, 0.4) is 0 Å². The van der Waals surface area contributed by atoms with E-state index in [1.54, 1.807) is 0 Å². The first kappa shape index (κ1) is 22.4. The molecule has 0 aliphatic rings. The molecule has 2 N–H and O–H groups in total. The standard InChI is InChI=1S/C22H16F4N4O3/c23-13-1-3-18(17(26)10-13)30-19(33)4-2-16-20(12-7-14(24)9-15(25)8-12)27-22(28-21(16)30)29(11-32)5-6-31/h1-4,7-10,31-32H,5-6,11H2. The number of benzene rings is 2. The quantitative estimate of drug-likeness (QED) is 0.340. The van der Waals surface area contributed by atoms with Crippen molar-refractivity contribution in [2.24, 2.45) is 0 Å². The Morgan fingerprint density at radius 3 is 2.24 bits per heavy atom. The SMILES string of the molecule is O=c1ccc2c(-c3cc(F)cc(F)c3)nc(N(CO)CCO)nc2n1-c1ccc(F)cc1F. The molecule has 2 aromatic carbocycles. The lowest BCUT2D eigenvalue weighted by Gasteiger charge is -2.21. The predicted octanol–water partition coefficient (Wildman–Crippen LogP) is 2.75. The van der Waals surface area contributed by atoms with Crippen LogP contribution in [0, 0.1) is 23.3 Å². The third-order valence-electron chi connectivity index (χ3n) is 4.85. The van der Waals surface area contributed by atoms with Gasteiger partial charge >= 0.3 is 0 Å². The van der Waals surface area contributed by atoms with Gasteiger partial charge in [0.05, 0.1) is 18.0 Å². The van der Waals surface area contributed by atoms with Gasteiger partial charge in [0.1, 0.15) is 30.0 Å². The third kappa shape index (κ3) is 4.28. The number of fused-ring (bicyclic) bond motifs is 1. The van der Waals surface area contributed by atoms with Crippen LogP contribution in [0.2, 0.25) is 0 Å². The van der Waals surface area contributed by atoms with Crippen LogP contribution in [0.1, 0.15) is 0 Å². The van der Waals surface area contributed by atoms with Crippen molar-refractivity contribution < 1.29 is 27.8 Å². The van der Waals surface area contributed by atoms with Crippen LogP contribution in [0.15, 0.2) is 53.3 Å². The van der Waals surface area contributed by atoms with Crippen molar-refractivity contribution in [3.05, 3.63) is 82.2 Å². The summed E-state index contributed by atoms with van der Waals surface area (Å²) in [4.78, 5) is 22.4. The van der Waals surface area contributed by atoms with Gasteiger partial charge in [-0.25, -0.2) is 22.5 Å². The molecule has 0 atom stereocenters. The molecule has 0 bridgehead atoms. The lowest BCUT2D eigenvalue weighted by Crippen LogP contribution is -2.30. The molecule has 0 amide bonds. The fourth-order valence-electron chi connectivity index (χ4n) is 3.41. The fraction of sp³-hybridized carbons (Fsp3) is 0.136. The van der Waals surface area contributed by atoms with E-state index < -0.39 is 35.6 Å². The van der Waals surface area contributed by atoms with Gasteiger partial charge in [-0.1, -0.05) is 0 Å². The van der Waals surface area contributed by atoms with E-state index in [2.05, 4.69) is 9.97 Å². The maximum absolute atomic E-state index is 14.6. The van der Waals surface area contributed by atoms with Crippen molar-refractivity contribution in [2.45, 2.75) is 0 Å². The molecule has 2 aromatic heterocycles. The number of aliphatic hydroxyl groups is 2. The molecule has 4 aromatic rings. The molecule has 0 aliphatic heterocycles. The van der Waals surface area contributed by atoms with E-state index in [4.69, 9.17) is 0 Å². The molecule has 0 spiro atoms. The Kier molecular flexibility index (Phi) is 6.07. The van der Waals surface area contributed by atoms with Gasteiger partial charge in [-0.05, 0) is 30.3 Å². The Morgan fingerprint density at radius 1 is 0.879 bits per heavy atom. The first-order chi connectivity index (χ1) is 15.8. The number of hydrogen-bond acceptors (Lipinski definition) is 6. The summed E-state index contributed by atoms with van der Waals surface area (Å²) in [6, 6.07) is 7.70. The van der Waals surface area contributed by atoms with Crippen molar-refractivity contribution in [3.8, 4) is 16.9 Å². The fourth-order valence-corrected chi connectivity index (χ4v) is 3.41. The first-order valence-corrected chi connectivity index (χ1v) is 9.64. The molecule has 0 saturated carbocycles. The number of hydrogen-bond donors (Lipinski definition) is 2. The van der Waals surface area contributed by atoms with Crippen molar-refractivity contribution in [2.75, 3.05) is 24.8 Å². The van der Waals surface area contributed by atoms with Gasteiger partial charge in [0.25, 0.3) is 5.56 Å². The smallest absolute Gasteiger partial charge is 0.256 e. The largest absolute Gasteiger partial charge is 0.395 e. The number of nitrogens with zero attached hydrogens (tertiary/aromatic N) is 4. The molecular weight excluding hydrogens is 444 g/mol. The summed E-state index contributed by atoms with van der Waals surface area (Å²) in [5.74, 6) is -3.86. The zero-order chi connectivity index (χ0) is 23.7. The number of anilines is 1. The van der Waals surface area contributed by atoms with Crippen molar-refractivity contribution in [1.82, 2.24) is 14.5 Å². The van der Waals surface area contributed by atoms with E-state index in [0.717, 1.165) is 39.8 Å². The van der Waals surface area contributed by atoms with Gasteiger partial charge in [-0.2, -0.15) is 4.98 Å². The van der Waals surface area contributed by atoms with Gasteiger partial charge in [0.2, 0.25) is 5.95 Å². The third-order valence-corrected chi connectivity index (χ3v) is 4.85.